The third-order valence-electron chi connectivity index (χ3n) is 1.19. The molecule has 0 saturated heterocycles. The van der Waals surface area contributed by atoms with Gasteiger partial charge in [-0.3, -0.25) is 4.79 Å². The smallest absolute Gasteiger partial charge is 0.330 e. The lowest BCUT2D eigenvalue weighted by atomic mass is 10.2. The molecule has 0 aliphatic carbocycles. The number of carbonyl (C=O) groups is 2. The first-order valence-corrected chi connectivity index (χ1v) is 3.51. The highest BCUT2D eigenvalue weighted by Crippen LogP contribution is 1.90. The van der Waals surface area contributed by atoms with Crippen LogP contribution >= 0.6 is 0 Å². The third-order valence-corrected chi connectivity index (χ3v) is 1.19. The van der Waals surface area contributed by atoms with Gasteiger partial charge in [-0.2, -0.15) is 0 Å². The molecule has 0 heterocycles. The summed E-state index contributed by atoms with van der Waals surface area (Å²) < 4.78 is 4.59. The number of ether oxygens (including phenoxy) is 1. The molecule has 0 aromatic rings. The fraction of sp³-hybridized carbons (Fsp3) is 0.500. The van der Waals surface area contributed by atoms with Gasteiger partial charge in [0.2, 0.25) is 0 Å². The molecule has 0 aliphatic heterocycles. The van der Waals surface area contributed by atoms with Gasteiger partial charge in [0.05, 0.1) is 6.61 Å². The molecule has 0 bridgehead atoms. The quantitative estimate of drug-likeness (QED) is 0.442. The van der Waals surface area contributed by atoms with Crippen molar-refractivity contribution in [2.45, 2.75) is 19.8 Å². The highest BCUT2D eigenvalue weighted by atomic mass is 16.5. The van der Waals surface area contributed by atoms with E-state index in [0.717, 1.165) is 6.08 Å². The average Bonchev–Trinajstić information content (AvgIpc) is 2.04. The van der Waals surface area contributed by atoms with E-state index in [2.05, 4.69) is 11.3 Å². The highest BCUT2D eigenvalue weighted by molar-refractivity contribution is 5.82. The van der Waals surface area contributed by atoms with E-state index in [0.29, 0.717) is 12.8 Å². The maximum absolute atomic E-state index is 10.7. The standard InChI is InChI=1S/C8H12O3/c1-3-7(9)5-6-11-8(10)4-2/h4H,2-3,5-6H2,1H3. The first-order valence-electron chi connectivity index (χ1n) is 3.51. The SMILES string of the molecule is C=CC(=O)OCCC(=O)CC. The van der Waals surface area contributed by atoms with Crippen molar-refractivity contribution >= 4 is 11.8 Å². The molecule has 0 fully saturated rings. The molecule has 0 rings (SSSR count). The lowest BCUT2D eigenvalue weighted by Crippen LogP contribution is -2.06. The Labute approximate surface area is 66.0 Å². The van der Waals surface area contributed by atoms with Gasteiger partial charge in [-0.15, -0.1) is 0 Å². The summed E-state index contributed by atoms with van der Waals surface area (Å²) >= 11 is 0. The highest BCUT2D eigenvalue weighted by Gasteiger charge is 1.99. The van der Waals surface area contributed by atoms with Gasteiger partial charge < -0.3 is 4.74 Å². The van der Waals surface area contributed by atoms with Crippen molar-refractivity contribution in [2.24, 2.45) is 0 Å². The van der Waals surface area contributed by atoms with Gasteiger partial charge in [0.1, 0.15) is 5.78 Å². The topological polar surface area (TPSA) is 43.4 Å². The molecule has 0 saturated carbocycles. The summed E-state index contributed by atoms with van der Waals surface area (Å²) in [5, 5.41) is 0. The molecule has 0 atom stereocenters. The lowest BCUT2D eigenvalue weighted by Gasteiger charge is -1.98. The zero-order chi connectivity index (χ0) is 8.69. The van der Waals surface area contributed by atoms with E-state index in [4.69, 9.17) is 0 Å². The Kier molecular flexibility index (Phi) is 5.07. The Bertz CT molecular complexity index is 161. The van der Waals surface area contributed by atoms with Crippen LogP contribution in [0.2, 0.25) is 0 Å². The van der Waals surface area contributed by atoms with Crippen LogP contribution in [-0.4, -0.2) is 18.4 Å². The second kappa shape index (κ2) is 5.65. The summed E-state index contributed by atoms with van der Waals surface area (Å²) in [7, 11) is 0. The molecule has 62 valence electrons. The van der Waals surface area contributed by atoms with Crippen LogP contribution in [0.3, 0.4) is 0 Å². The van der Waals surface area contributed by atoms with E-state index in [-0.39, 0.29) is 12.4 Å². The van der Waals surface area contributed by atoms with Crippen LogP contribution in [0.25, 0.3) is 0 Å². The molecule has 3 heteroatoms. The monoisotopic (exact) mass is 156 g/mol. The van der Waals surface area contributed by atoms with Crippen molar-refractivity contribution in [3.63, 3.8) is 0 Å². The number of ketones is 1. The summed E-state index contributed by atoms with van der Waals surface area (Å²) in [6, 6.07) is 0. The Morgan fingerprint density at radius 3 is 2.64 bits per heavy atom. The van der Waals surface area contributed by atoms with Crippen molar-refractivity contribution in [3.05, 3.63) is 12.7 Å². The van der Waals surface area contributed by atoms with Gasteiger partial charge >= 0.3 is 5.97 Å². The summed E-state index contributed by atoms with van der Waals surface area (Å²) in [6.07, 6.45) is 1.87. The molecule has 0 unspecified atom stereocenters. The van der Waals surface area contributed by atoms with E-state index in [1.807, 2.05) is 0 Å². The summed E-state index contributed by atoms with van der Waals surface area (Å²) in [4.78, 5) is 21.1. The van der Waals surface area contributed by atoms with Gasteiger partial charge in [-0.25, -0.2) is 4.79 Å². The molecule has 11 heavy (non-hydrogen) atoms. The van der Waals surface area contributed by atoms with Crippen LogP contribution in [-0.2, 0) is 14.3 Å². The maximum atomic E-state index is 10.7. The summed E-state index contributed by atoms with van der Waals surface area (Å²) in [6.45, 7) is 5.16. The Morgan fingerprint density at radius 1 is 1.55 bits per heavy atom. The van der Waals surface area contributed by atoms with Crippen LogP contribution in [0.15, 0.2) is 12.7 Å². The summed E-state index contributed by atoms with van der Waals surface area (Å²) in [5.41, 5.74) is 0. The molecular formula is C8H12O3. The first-order chi connectivity index (χ1) is 5.20. The van der Waals surface area contributed by atoms with Crippen LogP contribution in [0.1, 0.15) is 19.8 Å². The van der Waals surface area contributed by atoms with Crippen LogP contribution < -0.4 is 0 Å². The van der Waals surface area contributed by atoms with Crippen molar-refractivity contribution in [2.75, 3.05) is 6.61 Å². The van der Waals surface area contributed by atoms with E-state index in [1.165, 1.54) is 0 Å². The fourth-order valence-electron chi connectivity index (χ4n) is 0.501. The molecule has 0 radical (unpaired) electrons. The molecule has 0 spiro atoms. The molecule has 3 nitrogen and oxygen atoms in total. The normalized spacial score (nSPS) is 8.82. The van der Waals surface area contributed by atoms with Crippen LogP contribution in [0.4, 0.5) is 0 Å². The molecule has 0 aromatic heterocycles. The maximum Gasteiger partial charge on any atom is 0.330 e. The molecule has 0 aliphatic rings. The number of Topliss-reactive ketones (excluding diaryl/α,β-unsaturated/α-hetero) is 1. The molecule has 0 amide bonds. The van der Waals surface area contributed by atoms with E-state index < -0.39 is 5.97 Å². The number of hydrogen-bond donors (Lipinski definition) is 0. The zero-order valence-corrected chi connectivity index (χ0v) is 6.63. The second-order valence-corrected chi connectivity index (χ2v) is 2.01. The lowest BCUT2D eigenvalue weighted by molar-refractivity contribution is -0.138. The Hall–Kier alpha value is -1.12. The molecule has 0 aromatic carbocycles. The van der Waals surface area contributed by atoms with Crippen molar-refractivity contribution in [1.82, 2.24) is 0 Å². The minimum atomic E-state index is -0.478. The number of rotatable bonds is 5. The van der Waals surface area contributed by atoms with Gasteiger partial charge in [0.25, 0.3) is 0 Å². The molecule has 0 N–H and O–H groups in total. The average molecular weight is 156 g/mol. The summed E-state index contributed by atoms with van der Waals surface area (Å²) in [5.74, 6) is -0.379. The predicted octanol–water partition coefficient (Wildman–Crippen LogP) is 1.08. The number of carbonyl (C=O) groups excluding carboxylic acids is 2. The minimum Gasteiger partial charge on any atom is -0.462 e. The minimum absolute atomic E-state index is 0.0989. The predicted molar refractivity (Wildman–Crippen MR) is 41.1 cm³/mol. The van der Waals surface area contributed by atoms with Crippen LogP contribution in [0, 0.1) is 0 Å². The first kappa shape index (κ1) is 9.88. The third kappa shape index (κ3) is 5.33. The fourth-order valence-corrected chi connectivity index (χ4v) is 0.501. The number of hydrogen-bond acceptors (Lipinski definition) is 3. The van der Waals surface area contributed by atoms with Crippen molar-refractivity contribution < 1.29 is 14.3 Å². The largest absolute Gasteiger partial charge is 0.462 e. The van der Waals surface area contributed by atoms with Gasteiger partial charge in [0.15, 0.2) is 0 Å². The zero-order valence-electron chi connectivity index (χ0n) is 6.63. The van der Waals surface area contributed by atoms with Gasteiger partial charge in [0, 0.05) is 18.9 Å². The Morgan fingerprint density at radius 2 is 2.18 bits per heavy atom. The van der Waals surface area contributed by atoms with Crippen molar-refractivity contribution in [3.8, 4) is 0 Å². The van der Waals surface area contributed by atoms with E-state index in [1.54, 1.807) is 6.92 Å². The second-order valence-electron chi connectivity index (χ2n) is 2.01. The Balaban J connectivity index is 3.34. The molecular weight excluding hydrogens is 144 g/mol. The van der Waals surface area contributed by atoms with Gasteiger partial charge in [-0.1, -0.05) is 13.5 Å². The van der Waals surface area contributed by atoms with Crippen molar-refractivity contribution in [1.29, 1.82) is 0 Å². The van der Waals surface area contributed by atoms with E-state index in [9.17, 15) is 9.59 Å². The number of esters is 1. The van der Waals surface area contributed by atoms with E-state index >= 15 is 0 Å². The van der Waals surface area contributed by atoms with Crippen LogP contribution in [0.5, 0.6) is 0 Å². The van der Waals surface area contributed by atoms with Gasteiger partial charge in [-0.05, 0) is 0 Å².